The summed E-state index contributed by atoms with van der Waals surface area (Å²) in [6.07, 6.45) is 4.94. The van der Waals surface area contributed by atoms with Gasteiger partial charge >= 0.3 is 5.97 Å². The van der Waals surface area contributed by atoms with Crippen LogP contribution in [-0.2, 0) is 4.79 Å². The van der Waals surface area contributed by atoms with E-state index in [2.05, 4.69) is 5.32 Å². The molecule has 1 aromatic rings. The van der Waals surface area contributed by atoms with E-state index in [1.807, 2.05) is 0 Å². The minimum absolute atomic E-state index is 0.0268. The van der Waals surface area contributed by atoms with Gasteiger partial charge in [-0.2, -0.15) is 0 Å². The van der Waals surface area contributed by atoms with E-state index in [4.69, 9.17) is 5.73 Å². The number of nitrogen functional groups attached to an aromatic ring is 1. The molecule has 1 atom stereocenters. The molecule has 0 bridgehead atoms. The van der Waals surface area contributed by atoms with E-state index in [9.17, 15) is 14.7 Å². The monoisotopic (exact) mass is 276 g/mol. The first-order valence-corrected chi connectivity index (χ1v) is 6.97. The van der Waals surface area contributed by atoms with Crippen LogP contribution in [0.4, 0.5) is 5.69 Å². The summed E-state index contributed by atoms with van der Waals surface area (Å²) in [5.74, 6) is -1.29. The molecule has 1 aliphatic rings. The quantitative estimate of drug-likeness (QED) is 0.734. The van der Waals surface area contributed by atoms with Crippen molar-refractivity contribution in [1.29, 1.82) is 0 Å². The van der Waals surface area contributed by atoms with Crippen LogP contribution in [0.3, 0.4) is 0 Å². The van der Waals surface area contributed by atoms with Crippen LogP contribution >= 0.6 is 0 Å². The zero-order valence-electron chi connectivity index (χ0n) is 11.3. The van der Waals surface area contributed by atoms with E-state index in [1.165, 1.54) is 0 Å². The van der Waals surface area contributed by atoms with Gasteiger partial charge in [0.25, 0.3) is 5.91 Å². The fourth-order valence-electron chi connectivity index (χ4n) is 2.71. The van der Waals surface area contributed by atoms with Crippen LogP contribution in [0, 0.1) is 5.92 Å². The molecular formula is C15H20N2O3. The molecule has 1 amide bonds. The number of rotatable bonds is 4. The van der Waals surface area contributed by atoms with E-state index in [-0.39, 0.29) is 11.8 Å². The first-order chi connectivity index (χ1) is 9.58. The average Bonchev–Trinajstić information content (AvgIpc) is 2.46. The molecule has 4 N–H and O–H groups in total. The number of nitrogens with two attached hydrogens (primary N) is 1. The molecular weight excluding hydrogens is 256 g/mol. The van der Waals surface area contributed by atoms with Gasteiger partial charge in [-0.3, -0.25) is 4.79 Å². The summed E-state index contributed by atoms with van der Waals surface area (Å²) in [5, 5.41) is 12.0. The van der Waals surface area contributed by atoms with Gasteiger partial charge in [-0.1, -0.05) is 19.3 Å². The lowest BCUT2D eigenvalue weighted by molar-refractivity contribution is -0.141. The molecule has 0 aliphatic heterocycles. The number of hydrogen-bond acceptors (Lipinski definition) is 3. The Bertz CT molecular complexity index is 478. The number of benzene rings is 1. The summed E-state index contributed by atoms with van der Waals surface area (Å²) < 4.78 is 0. The number of carbonyl (C=O) groups excluding carboxylic acids is 1. The highest BCUT2D eigenvalue weighted by molar-refractivity contribution is 5.96. The number of aliphatic carboxylic acids is 1. The van der Waals surface area contributed by atoms with Crippen LogP contribution in [0.15, 0.2) is 24.3 Å². The van der Waals surface area contributed by atoms with Crippen molar-refractivity contribution in [3.05, 3.63) is 29.8 Å². The fourth-order valence-corrected chi connectivity index (χ4v) is 2.71. The highest BCUT2D eigenvalue weighted by Gasteiger charge is 2.30. The van der Waals surface area contributed by atoms with Crippen LogP contribution in [0.2, 0.25) is 0 Å². The largest absolute Gasteiger partial charge is 0.480 e. The van der Waals surface area contributed by atoms with Gasteiger partial charge in [-0.25, -0.2) is 4.79 Å². The van der Waals surface area contributed by atoms with Gasteiger partial charge in [0.05, 0.1) is 0 Å². The van der Waals surface area contributed by atoms with Crippen LogP contribution in [0.25, 0.3) is 0 Å². The van der Waals surface area contributed by atoms with Gasteiger partial charge < -0.3 is 16.2 Å². The topological polar surface area (TPSA) is 92.4 Å². The number of nitrogens with one attached hydrogen (secondary N) is 1. The molecule has 0 heterocycles. The zero-order chi connectivity index (χ0) is 14.5. The lowest BCUT2D eigenvalue weighted by Crippen LogP contribution is -2.46. The Morgan fingerprint density at radius 1 is 1.15 bits per heavy atom. The third-order valence-corrected chi connectivity index (χ3v) is 3.85. The molecule has 2 rings (SSSR count). The number of anilines is 1. The molecule has 1 saturated carbocycles. The smallest absolute Gasteiger partial charge is 0.326 e. The van der Waals surface area contributed by atoms with Crippen molar-refractivity contribution in [2.45, 2.75) is 38.1 Å². The van der Waals surface area contributed by atoms with Crippen LogP contribution < -0.4 is 11.1 Å². The standard InChI is InChI=1S/C15H20N2O3/c16-12-8-6-11(7-9-12)14(18)17-13(15(19)20)10-4-2-1-3-5-10/h6-10,13H,1-5,16H2,(H,17,18)(H,19,20). The number of carboxylic acids is 1. The number of carboxylic acid groups (broad SMARTS) is 1. The summed E-state index contributed by atoms with van der Waals surface area (Å²) >= 11 is 0. The third kappa shape index (κ3) is 3.50. The number of amides is 1. The average molecular weight is 276 g/mol. The predicted octanol–water partition coefficient (Wildman–Crippen LogP) is 2.03. The van der Waals surface area contributed by atoms with E-state index in [0.717, 1.165) is 32.1 Å². The fraction of sp³-hybridized carbons (Fsp3) is 0.467. The Morgan fingerprint density at radius 3 is 2.30 bits per heavy atom. The van der Waals surface area contributed by atoms with Crippen LogP contribution in [0.5, 0.6) is 0 Å². The normalized spacial score (nSPS) is 17.4. The highest BCUT2D eigenvalue weighted by atomic mass is 16.4. The molecule has 0 aromatic heterocycles. The van der Waals surface area contributed by atoms with E-state index in [1.54, 1.807) is 24.3 Å². The van der Waals surface area contributed by atoms with Crippen molar-refractivity contribution in [1.82, 2.24) is 5.32 Å². The molecule has 0 saturated heterocycles. The maximum atomic E-state index is 12.1. The molecule has 5 heteroatoms. The first kappa shape index (κ1) is 14.4. The third-order valence-electron chi connectivity index (χ3n) is 3.85. The molecule has 1 unspecified atom stereocenters. The predicted molar refractivity (Wildman–Crippen MR) is 76.3 cm³/mol. The van der Waals surface area contributed by atoms with Crippen molar-refractivity contribution < 1.29 is 14.7 Å². The van der Waals surface area contributed by atoms with Gasteiger partial charge in [-0.05, 0) is 43.0 Å². The lowest BCUT2D eigenvalue weighted by atomic mass is 9.84. The SMILES string of the molecule is Nc1ccc(C(=O)NC(C(=O)O)C2CCCCC2)cc1. The molecule has 1 aliphatic carbocycles. The molecule has 5 nitrogen and oxygen atoms in total. The molecule has 20 heavy (non-hydrogen) atoms. The lowest BCUT2D eigenvalue weighted by Gasteiger charge is -2.28. The second-order valence-corrected chi connectivity index (χ2v) is 5.31. The maximum absolute atomic E-state index is 12.1. The Balaban J connectivity index is 2.05. The Labute approximate surface area is 118 Å². The second-order valence-electron chi connectivity index (χ2n) is 5.31. The molecule has 0 radical (unpaired) electrons. The summed E-state index contributed by atoms with van der Waals surface area (Å²) in [4.78, 5) is 23.5. The van der Waals surface area contributed by atoms with Gasteiger partial charge in [-0.15, -0.1) is 0 Å². The zero-order valence-corrected chi connectivity index (χ0v) is 11.3. The molecule has 108 valence electrons. The summed E-state index contributed by atoms with van der Waals surface area (Å²) in [7, 11) is 0. The van der Waals surface area contributed by atoms with E-state index < -0.39 is 12.0 Å². The minimum atomic E-state index is -0.958. The van der Waals surface area contributed by atoms with Crippen LogP contribution in [-0.4, -0.2) is 23.0 Å². The Hall–Kier alpha value is -2.04. The molecule has 1 aromatic carbocycles. The summed E-state index contributed by atoms with van der Waals surface area (Å²) in [6.45, 7) is 0. The van der Waals surface area contributed by atoms with Crippen molar-refractivity contribution >= 4 is 17.6 Å². The summed E-state index contributed by atoms with van der Waals surface area (Å²) in [6, 6.07) is 5.66. The Kier molecular flexibility index (Phi) is 4.61. The van der Waals surface area contributed by atoms with Crippen molar-refractivity contribution in [3.63, 3.8) is 0 Å². The number of hydrogen-bond donors (Lipinski definition) is 3. The summed E-state index contributed by atoms with van der Waals surface area (Å²) in [5.41, 5.74) is 6.57. The highest BCUT2D eigenvalue weighted by Crippen LogP contribution is 2.26. The molecule has 0 spiro atoms. The van der Waals surface area contributed by atoms with Gasteiger partial charge in [0.15, 0.2) is 0 Å². The van der Waals surface area contributed by atoms with Gasteiger partial charge in [0, 0.05) is 11.3 Å². The van der Waals surface area contributed by atoms with Crippen molar-refractivity contribution in [2.24, 2.45) is 5.92 Å². The maximum Gasteiger partial charge on any atom is 0.326 e. The van der Waals surface area contributed by atoms with Gasteiger partial charge in [0.1, 0.15) is 6.04 Å². The van der Waals surface area contributed by atoms with Crippen LogP contribution in [0.1, 0.15) is 42.5 Å². The number of carbonyl (C=O) groups is 2. The van der Waals surface area contributed by atoms with Crippen molar-refractivity contribution in [2.75, 3.05) is 5.73 Å². The van der Waals surface area contributed by atoms with Crippen molar-refractivity contribution in [3.8, 4) is 0 Å². The van der Waals surface area contributed by atoms with E-state index in [0.29, 0.717) is 11.3 Å². The Morgan fingerprint density at radius 2 is 1.75 bits per heavy atom. The van der Waals surface area contributed by atoms with Gasteiger partial charge in [0.2, 0.25) is 0 Å². The molecule has 1 fully saturated rings. The van der Waals surface area contributed by atoms with E-state index >= 15 is 0 Å². The second kappa shape index (κ2) is 6.41. The minimum Gasteiger partial charge on any atom is -0.480 e. The first-order valence-electron chi connectivity index (χ1n) is 6.97.